The van der Waals surface area contributed by atoms with E-state index in [-0.39, 0.29) is 49.7 Å². The van der Waals surface area contributed by atoms with E-state index in [1.165, 1.54) is 18.4 Å². The molecule has 0 saturated carbocycles. The Hall–Kier alpha value is -1.20. The van der Waals surface area contributed by atoms with Gasteiger partial charge in [-0.05, 0) is 12.1 Å². The van der Waals surface area contributed by atoms with Crippen LogP contribution in [0.15, 0.2) is 29.8 Å². The Morgan fingerprint density at radius 3 is 2.62 bits per heavy atom. The highest BCUT2D eigenvalue weighted by Crippen LogP contribution is 2.19. The summed E-state index contributed by atoms with van der Waals surface area (Å²) in [5, 5.41) is 5.29. The molecule has 29 heavy (non-hydrogen) atoms. The van der Waals surface area contributed by atoms with Crippen molar-refractivity contribution in [3.63, 3.8) is 0 Å². The van der Waals surface area contributed by atoms with Crippen molar-refractivity contribution in [1.82, 2.24) is 14.9 Å². The minimum Gasteiger partial charge on any atom is -0.383 e. The number of hydrogen-bond donors (Lipinski definition) is 2. The molecular formula is C17H27Cl3N6O2S. The van der Waals surface area contributed by atoms with Crippen molar-refractivity contribution in [2.75, 3.05) is 50.1 Å². The number of methoxy groups -OCH3 is 1. The van der Waals surface area contributed by atoms with E-state index < -0.39 is 6.04 Å². The van der Waals surface area contributed by atoms with Crippen LogP contribution in [0.5, 0.6) is 0 Å². The maximum Gasteiger partial charge on any atom is 0.245 e. The van der Waals surface area contributed by atoms with E-state index in [0.29, 0.717) is 5.13 Å². The van der Waals surface area contributed by atoms with Crippen LogP contribution in [0.25, 0.3) is 0 Å². The van der Waals surface area contributed by atoms with Crippen LogP contribution in [0.4, 0.5) is 10.9 Å². The summed E-state index contributed by atoms with van der Waals surface area (Å²) in [6.07, 6.45) is 1.82. The van der Waals surface area contributed by atoms with Gasteiger partial charge in [0.25, 0.3) is 0 Å². The number of thiazole rings is 1. The van der Waals surface area contributed by atoms with E-state index in [1.807, 2.05) is 29.8 Å². The molecule has 1 atom stereocenters. The zero-order chi connectivity index (χ0) is 18.4. The number of piperazine rings is 1. The van der Waals surface area contributed by atoms with Crippen LogP contribution in [0.2, 0.25) is 0 Å². The molecule has 3 rings (SSSR count). The maximum atomic E-state index is 11.9. The second-order valence-electron chi connectivity index (χ2n) is 6.15. The fourth-order valence-electron chi connectivity index (χ4n) is 2.80. The summed E-state index contributed by atoms with van der Waals surface area (Å²) in [5.41, 5.74) is 6.67. The lowest BCUT2D eigenvalue weighted by atomic mass is 10.3. The Kier molecular flexibility index (Phi) is 13.3. The average molecular weight is 486 g/mol. The van der Waals surface area contributed by atoms with Crippen molar-refractivity contribution >= 4 is 65.4 Å². The van der Waals surface area contributed by atoms with Crippen LogP contribution in [-0.2, 0) is 16.1 Å². The summed E-state index contributed by atoms with van der Waals surface area (Å²) in [5.74, 6) is 0.745. The van der Waals surface area contributed by atoms with Gasteiger partial charge in [-0.1, -0.05) is 6.07 Å². The standard InChI is InChI=1S/C17H24N6O2S.3ClH/c1-25-11-14(18)16(24)21-17-20-13(12-26-17)10-22-6-8-23(9-7-22)15-4-2-3-5-19-15;;;/h2-5,12,14H,6-11,18H2,1H3,(H,20,21,24);3*1H. The van der Waals surface area contributed by atoms with Gasteiger partial charge in [-0.3, -0.25) is 9.69 Å². The van der Waals surface area contributed by atoms with Gasteiger partial charge in [0.05, 0.1) is 12.3 Å². The highest BCUT2D eigenvalue weighted by Gasteiger charge is 2.19. The summed E-state index contributed by atoms with van der Waals surface area (Å²) in [4.78, 5) is 25.4. The van der Waals surface area contributed by atoms with Crippen LogP contribution < -0.4 is 16.0 Å². The van der Waals surface area contributed by atoms with E-state index in [4.69, 9.17) is 10.5 Å². The molecule has 0 radical (unpaired) electrons. The number of anilines is 2. The first-order chi connectivity index (χ1) is 12.7. The molecular weight excluding hydrogens is 459 g/mol. The minimum atomic E-state index is -0.688. The topological polar surface area (TPSA) is 96.6 Å². The third kappa shape index (κ3) is 8.21. The van der Waals surface area contributed by atoms with Crippen LogP contribution in [0.3, 0.4) is 0 Å². The van der Waals surface area contributed by atoms with E-state index >= 15 is 0 Å². The number of nitrogens with zero attached hydrogens (tertiary/aromatic N) is 4. The molecule has 3 N–H and O–H groups in total. The first-order valence-electron chi connectivity index (χ1n) is 8.54. The minimum absolute atomic E-state index is 0. The first kappa shape index (κ1) is 27.8. The predicted molar refractivity (Wildman–Crippen MR) is 124 cm³/mol. The smallest absolute Gasteiger partial charge is 0.245 e. The number of rotatable bonds is 7. The molecule has 0 spiro atoms. The highest BCUT2D eigenvalue weighted by atomic mass is 35.5. The lowest BCUT2D eigenvalue weighted by molar-refractivity contribution is -0.118. The van der Waals surface area contributed by atoms with E-state index in [0.717, 1.165) is 44.2 Å². The molecule has 8 nitrogen and oxygen atoms in total. The molecule has 0 aliphatic carbocycles. The lowest BCUT2D eigenvalue weighted by Crippen LogP contribution is -2.46. The van der Waals surface area contributed by atoms with Crippen molar-refractivity contribution in [1.29, 1.82) is 0 Å². The first-order valence-corrected chi connectivity index (χ1v) is 9.42. The quantitative estimate of drug-likeness (QED) is 0.619. The number of halogens is 3. The molecule has 1 saturated heterocycles. The van der Waals surface area contributed by atoms with Crippen LogP contribution in [0, 0.1) is 0 Å². The number of carbonyl (C=O) groups is 1. The third-order valence-electron chi connectivity index (χ3n) is 4.20. The number of hydrogen-bond acceptors (Lipinski definition) is 8. The molecule has 1 unspecified atom stereocenters. The third-order valence-corrected chi connectivity index (χ3v) is 5.00. The monoisotopic (exact) mass is 484 g/mol. The molecule has 2 aromatic rings. The maximum absolute atomic E-state index is 11.9. The zero-order valence-electron chi connectivity index (χ0n) is 16.0. The summed E-state index contributed by atoms with van der Waals surface area (Å²) in [6.45, 7) is 4.74. The molecule has 2 aromatic heterocycles. The van der Waals surface area contributed by atoms with E-state index in [2.05, 4.69) is 25.1 Å². The Morgan fingerprint density at radius 2 is 2.00 bits per heavy atom. The summed E-state index contributed by atoms with van der Waals surface area (Å²) >= 11 is 1.41. The van der Waals surface area contributed by atoms with Gasteiger partial charge in [-0.2, -0.15) is 0 Å². The van der Waals surface area contributed by atoms with Crippen molar-refractivity contribution in [3.8, 4) is 0 Å². The molecule has 1 fully saturated rings. The average Bonchev–Trinajstić information content (AvgIpc) is 3.10. The Bertz CT molecular complexity index is 716. The van der Waals surface area contributed by atoms with Crippen LogP contribution in [-0.4, -0.2) is 66.7 Å². The predicted octanol–water partition coefficient (Wildman–Crippen LogP) is 2.04. The molecule has 164 valence electrons. The van der Waals surface area contributed by atoms with Crippen molar-refractivity contribution in [3.05, 3.63) is 35.5 Å². The number of pyridine rings is 1. The van der Waals surface area contributed by atoms with Gasteiger partial charge in [0.1, 0.15) is 11.9 Å². The molecule has 0 aromatic carbocycles. The lowest BCUT2D eigenvalue weighted by Gasteiger charge is -2.35. The Labute approximate surface area is 193 Å². The molecule has 1 aliphatic heterocycles. The van der Waals surface area contributed by atoms with Gasteiger partial charge < -0.3 is 20.7 Å². The number of ether oxygens (including phenoxy) is 1. The van der Waals surface area contributed by atoms with Gasteiger partial charge in [-0.15, -0.1) is 48.6 Å². The summed E-state index contributed by atoms with van der Waals surface area (Å²) < 4.78 is 4.89. The number of nitrogens with two attached hydrogens (primary N) is 1. The zero-order valence-corrected chi connectivity index (χ0v) is 19.3. The van der Waals surface area contributed by atoms with E-state index in [1.54, 1.807) is 0 Å². The Morgan fingerprint density at radius 1 is 1.28 bits per heavy atom. The van der Waals surface area contributed by atoms with Gasteiger partial charge >= 0.3 is 0 Å². The van der Waals surface area contributed by atoms with Gasteiger partial charge in [0.15, 0.2) is 5.13 Å². The number of aromatic nitrogens is 2. The number of carbonyl (C=O) groups excluding carboxylic acids is 1. The fourth-order valence-corrected chi connectivity index (χ4v) is 3.50. The van der Waals surface area contributed by atoms with Gasteiger partial charge in [0.2, 0.25) is 5.91 Å². The van der Waals surface area contributed by atoms with Gasteiger partial charge in [0, 0.05) is 51.4 Å². The fraction of sp³-hybridized carbons (Fsp3) is 0.471. The SMILES string of the molecule is COCC(N)C(=O)Nc1nc(CN2CCN(c3ccccn3)CC2)cs1.Cl.Cl.Cl. The molecule has 1 aliphatic rings. The molecule has 12 heteroatoms. The second kappa shape index (κ2) is 13.9. The number of amides is 1. The Balaban J connectivity index is 0.00000261. The molecule has 0 bridgehead atoms. The molecule has 1 amide bonds. The van der Waals surface area contributed by atoms with Crippen LogP contribution >= 0.6 is 48.6 Å². The van der Waals surface area contributed by atoms with Crippen molar-refractivity contribution < 1.29 is 9.53 Å². The van der Waals surface area contributed by atoms with E-state index in [9.17, 15) is 4.79 Å². The summed E-state index contributed by atoms with van der Waals surface area (Å²) in [6, 6.07) is 5.30. The van der Waals surface area contributed by atoms with Crippen LogP contribution in [0.1, 0.15) is 5.69 Å². The number of nitrogens with one attached hydrogen (secondary N) is 1. The van der Waals surface area contributed by atoms with Crippen molar-refractivity contribution in [2.45, 2.75) is 12.6 Å². The second-order valence-corrected chi connectivity index (χ2v) is 7.00. The normalized spacial score (nSPS) is 14.8. The summed E-state index contributed by atoms with van der Waals surface area (Å²) in [7, 11) is 1.52. The van der Waals surface area contributed by atoms with Gasteiger partial charge in [-0.25, -0.2) is 9.97 Å². The largest absolute Gasteiger partial charge is 0.383 e. The highest BCUT2D eigenvalue weighted by molar-refractivity contribution is 7.13. The molecule has 3 heterocycles. The van der Waals surface area contributed by atoms with Crippen molar-refractivity contribution in [2.24, 2.45) is 5.73 Å².